The van der Waals surface area contributed by atoms with Gasteiger partial charge >= 0.3 is 0 Å². The first-order valence-electron chi connectivity index (χ1n) is 5.63. The average molecular weight is 284 g/mol. The minimum Gasteiger partial charge on any atom is -0.486 e. The van der Waals surface area contributed by atoms with Crippen LogP contribution in [0.5, 0.6) is 0 Å². The van der Waals surface area contributed by atoms with Gasteiger partial charge in [0.05, 0.1) is 12.8 Å². The minimum atomic E-state index is 0.440. The van der Waals surface area contributed by atoms with Crippen LogP contribution in [0.2, 0.25) is 5.02 Å². The molecule has 0 aromatic heterocycles. The fraction of sp³-hybridized carbons (Fsp3) is 0.385. The molecule has 1 aliphatic rings. The van der Waals surface area contributed by atoms with Crippen molar-refractivity contribution in [3.05, 3.63) is 33.3 Å². The maximum absolute atomic E-state index is 6.26. The van der Waals surface area contributed by atoms with Gasteiger partial charge in [-0.3, -0.25) is 0 Å². The Labute approximate surface area is 117 Å². The molecule has 0 bridgehead atoms. The van der Waals surface area contributed by atoms with Gasteiger partial charge in [-0.2, -0.15) is 0 Å². The van der Waals surface area contributed by atoms with Gasteiger partial charge < -0.3 is 9.57 Å². The van der Waals surface area contributed by atoms with E-state index in [1.807, 2.05) is 19.9 Å². The standard InChI is InChI=1S/C13H14ClNO2S/c1-7-9(13(18)16-3)6-10(14)8(2)12(7)11-4-5-17-15-11/h6H,4-5H2,1-3H3. The van der Waals surface area contributed by atoms with Crippen molar-refractivity contribution in [2.75, 3.05) is 13.7 Å². The molecule has 0 spiro atoms. The number of nitrogens with zero attached hydrogens (tertiary/aromatic N) is 1. The van der Waals surface area contributed by atoms with E-state index in [1.54, 1.807) is 7.11 Å². The molecule has 1 aliphatic heterocycles. The third kappa shape index (κ3) is 2.22. The molecule has 1 aromatic rings. The third-order valence-electron chi connectivity index (χ3n) is 3.08. The predicted molar refractivity (Wildman–Crippen MR) is 76.7 cm³/mol. The first kappa shape index (κ1) is 13.3. The highest BCUT2D eigenvalue weighted by Crippen LogP contribution is 2.29. The van der Waals surface area contributed by atoms with Crippen molar-refractivity contribution in [1.82, 2.24) is 0 Å². The molecule has 0 atom stereocenters. The van der Waals surface area contributed by atoms with Gasteiger partial charge in [0.25, 0.3) is 0 Å². The number of oxime groups is 1. The quantitative estimate of drug-likeness (QED) is 0.780. The van der Waals surface area contributed by atoms with Gasteiger partial charge in [-0.15, -0.1) is 0 Å². The van der Waals surface area contributed by atoms with Crippen molar-refractivity contribution in [2.24, 2.45) is 5.16 Å². The van der Waals surface area contributed by atoms with Crippen LogP contribution in [0.15, 0.2) is 11.2 Å². The summed E-state index contributed by atoms with van der Waals surface area (Å²) in [6.07, 6.45) is 0.793. The second kappa shape index (κ2) is 5.24. The Hall–Kier alpha value is -1.13. The molecular weight excluding hydrogens is 270 g/mol. The second-order valence-electron chi connectivity index (χ2n) is 4.14. The Kier molecular flexibility index (Phi) is 3.88. The largest absolute Gasteiger partial charge is 0.486 e. The van der Waals surface area contributed by atoms with E-state index in [0.29, 0.717) is 16.7 Å². The Morgan fingerprint density at radius 3 is 2.72 bits per heavy atom. The zero-order valence-electron chi connectivity index (χ0n) is 10.5. The predicted octanol–water partition coefficient (Wildman–Crippen LogP) is 3.40. The maximum Gasteiger partial charge on any atom is 0.191 e. The third-order valence-corrected chi connectivity index (χ3v) is 3.86. The van der Waals surface area contributed by atoms with Crippen molar-refractivity contribution >= 4 is 34.6 Å². The van der Waals surface area contributed by atoms with Crippen molar-refractivity contribution in [3.8, 4) is 0 Å². The minimum absolute atomic E-state index is 0.440. The van der Waals surface area contributed by atoms with Crippen LogP contribution in [0.3, 0.4) is 0 Å². The molecule has 0 radical (unpaired) electrons. The lowest BCUT2D eigenvalue weighted by Crippen LogP contribution is -2.11. The van der Waals surface area contributed by atoms with E-state index in [2.05, 4.69) is 5.16 Å². The summed E-state index contributed by atoms with van der Waals surface area (Å²) in [6.45, 7) is 4.59. The second-order valence-corrected chi connectivity index (χ2v) is 4.92. The maximum atomic E-state index is 6.26. The smallest absolute Gasteiger partial charge is 0.191 e. The molecule has 0 unspecified atom stereocenters. The molecule has 18 heavy (non-hydrogen) atoms. The number of ether oxygens (including phenoxy) is 1. The summed E-state index contributed by atoms with van der Waals surface area (Å²) in [5, 5.41) is 5.18. The average Bonchev–Trinajstić information content (AvgIpc) is 2.87. The molecule has 0 saturated heterocycles. The van der Waals surface area contributed by atoms with Crippen LogP contribution in [0.4, 0.5) is 0 Å². The molecule has 0 saturated carbocycles. The molecule has 0 N–H and O–H groups in total. The number of benzene rings is 1. The summed E-state index contributed by atoms with van der Waals surface area (Å²) in [4.78, 5) is 5.07. The van der Waals surface area contributed by atoms with Crippen molar-refractivity contribution < 1.29 is 9.57 Å². The molecule has 5 heteroatoms. The van der Waals surface area contributed by atoms with Crippen LogP contribution in [-0.2, 0) is 9.57 Å². The SMILES string of the molecule is COC(=S)c1cc(Cl)c(C)c(C2=NOCC2)c1C. The van der Waals surface area contributed by atoms with Crippen molar-refractivity contribution in [1.29, 1.82) is 0 Å². The Balaban J connectivity index is 2.64. The van der Waals surface area contributed by atoms with Crippen LogP contribution >= 0.6 is 23.8 Å². The Bertz CT molecular complexity index is 540. The van der Waals surface area contributed by atoms with Crippen LogP contribution in [0.25, 0.3) is 0 Å². The molecule has 2 rings (SSSR count). The topological polar surface area (TPSA) is 30.8 Å². The molecule has 0 fully saturated rings. The summed E-state index contributed by atoms with van der Waals surface area (Å²) >= 11 is 11.5. The van der Waals surface area contributed by atoms with Gasteiger partial charge in [-0.05, 0) is 43.3 Å². The summed E-state index contributed by atoms with van der Waals surface area (Å²) in [7, 11) is 1.56. The molecule has 1 aromatic carbocycles. The first-order valence-corrected chi connectivity index (χ1v) is 6.42. The highest BCUT2D eigenvalue weighted by atomic mass is 35.5. The summed E-state index contributed by atoms with van der Waals surface area (Å²) in [5.74, 6) is 0. The van der Waals surface area contributed by atoms with Crippen LogP contribution in [0, 0.1) is 13.8 Å². The van der Waals surface area contributed by atoms with E-state index in [1.165, 1.54) is 0 Å². The van der Waals surface area contributed by atoms with Gasteiger partial charge in [0.1, 0.15) is 6.61 Å². The van der Waals surface area contributed by atoms with E-state index in [4.69, 9.17) is 33.4 Å². The first-order chi connectivity index (χ1) is 8.56. The number of hydrogen-bond donors (Lipinski definition) is 0. The Morgan fingerprint density at radius 1 is 1.44 bits per heavy atom. The van der Waals surface area contributed by atoms with E-state index < -0.39 is 0 Å². The van der Waals surface area contributed by atoms with Crippen LogP contribution in [0.1, 0.15) is 28.7 Å². The summed E-state index contributed by atoms with van der Waals surface area (Å²) in [5.41, 5.74) is 4.82. The van der Waals surface area contributed by atoms with Gasteiger partial charge in [0.2, 0.25) is 0 Å². The van der Waals surface area contributed by atoms with Crippen LogP contribution in [-0.4, -0.2) is 24.5 Å². The highest BCUT2D eigenvalue weighted by Gasteiger charge is 2.21. The zero-order valence-corrected chi connectivity index (χ0v) is 12.1. The molecular formula is C13H14ClNO2S. The molecule has 3 nitrogen and oxygen atoms in total. The van der Waals surface area contributed by atoms with E-state index in [-0.39, 0.29) is 0 Å². The lowest BCUT2D eigenvalue weighted by Gasteiger charge is -2.15. The van der Waals surface area contributed by atoms with Gasteiger partial charge in [-0.25, -0.2) is 0 Å². The van der Waals surface area contributed by atoms with E-state index in [0.717, 1.165) is 34.4 Å². The lowest BCUT2D eigenvalue weighted by molar-refractivity contribution is 0.174. The summed E-state index contributed by atoms with van der Waals surface area (Å²) in [6, 6.07) is 1.85. The zero-order chi connectivity index (χ0) is 13.3. The molecule has 96 valence electrons. The van der Waals surface area contributed by atoms with Gasteiger partial charge in [-0.1, -0.05) is 16.8 Å². The fourth-order valence-corrected chi connectivity index (χ4v) is 2.53. The normalized spacial score (nSPS) is 14.1. The molecule has 0 aliphatic carbocycles. The van der Waals surface area contributed by atoms with Crippen molar-refractivity contribution in [2.45, 2.75) is 20.3 Å². The van der Waals surface area contributed by atoms with E-state index >= 15 is 0 Å². The monoisotopic (exact) mass is 283 g/mol. The van der Waals surface area contributed by atoms with Crippen molar-refractivity contribution in [3.63, 3.8) is 0 Å². The number of methoxy groups -OCH3 is 1. The highest BCUT2D eigenvalue weighted by molar-refractivity contribution is 7.80. The Morgan fingerprint density at radius 2 is 2.17 bits per heavy atom. The van der Waals surface area contributed by atoms with Crippen LogP contribution < -0.4 is 0 Å². The number of rotatable bonds is 2. The number of hydrogen-bond acceptors (Lipinski definition) is 4. The fourth-order valence-electron chi connectivity index (χ4n) is 2.12. The molecule has 0 amide bonds. The molecule has 1 heterocycles. The van der Waals surface area contributed by atoms with Gasteiger partial charge in [0, 0.05) is 22.6 Å². The summed E-state index contributed by atoms with van der Waals surface area (Å²) < 4.78 is 5.13. The number of halogens is 1. The van der Waals surface area contributed by atoms with E-state index in [9.17, 15) is 0 Å². The number of thiocarbonyl (C=S) groups is 1. The lowest BCUT2D eigenvalue weighted by atomic mass is 9.93. The van der Waals surface area contributed by atoms with Gasteiger partial charge in [0.15, 0.2) is 5.05 Å².